The molecule has 2 fully saturated rings. The second kappa shape index (κ2) is 7.06. The monoisotopic (exact) mass is 308 g/mol. The van der Waals surface area contributed by atoms with Gasteiger partial charge >= 0.3 is 0 Å². The molecule has 1 saturated carbocycles. The molecule has 1 aliphatic heterocycles. The van der Waals surface area contributed by atoms with Gasteiger partial charge < -0.3 is 15.2 Å². The Morgan fingerprint density at radius 2 is 2.00 bits per heavy atom. The summed E-state index contributed by atoms with van der Waals surface area (Å²) in [5, 5.41) is 21.3. The minimum absolute atomic E-state index is 0.0419. The maximum absolute atomic E-state index is 9.19. The maximum atomic E-state index is 9.19. The average molecular weight is 308 g/mol. The van der Waals surface area contributed by atoms with Crippen molar-refractivity contribution in [2.45, 2.75) is 89.3 Å². The molecule has 3 rings (SSSR count). The van der Waals surface area contributed by atoms with Gasteiger partial charge in [-0.1, -0.05) is 18.1 Å². The molecule has 2 aliphatic rings. The Morgan fingerprint density at radius 1 is 1.27 bits per heavy atom. The third-order valence-corrected chi connectivity index (χ3v) is 4.94. The molecule has 2 heterocycles. The summed E-state index contributed by atoms with van der Waals surface area (Å²) >= 11 is 0. The summed E-state index contributed by atoms with van der Waals surface area (Å²) in [4.78, 5) is 0. The number of hydrogen-bond acceptors (Lipinski definition) is 5. The van der Waals surface area contributed by atoms with Crippen LogP contribution in [0.5, 0.6) is 0 Å². The van der Waals surface area contributed by atoms with Gasteiger partial charge in [-0.05, 0) is 39.5 Å². The summed E-state index contributed by atoms with van der Waals surface area (Å²) in [6.45, 7) is 4.28. The maximum Gasteiger partial charge on any atom is 0.108 e. The van der Waals surface area contributed by atoms with E-state index in [-0.39, 0.29) is 6.61 Å². The van der Waals surface area contributed by atoms with Crippen LogP contribution in [0.2, 0.25) is 0 Å². The number of ether oxygens (including phenoxy) is 1. The van der Waals surface area contributed by atoms with Crippen LogP contribution < -0.4 is 5.32 Å². The highest BCUT2D eigenvalue weighted by atomic mass is 16.5. The van der Waals surface area contributed by atoms with Gasteiger partial charge in [0.25, 0.3) is 0 Å². The van der Waals surface area contributed by atoms with Crippen molar-refractivity contribution >= 4 is 0 Å². The Labute approximate surface area is 132 Å². The Balaban J connectivity index is 1.67. The minimum Gasteiger partial charge on any atom is -0.390 e. The van der Waals surface area contributed by atoms with E-state index in [4.69, 9.17) is 4.74 Å². The number of hydrogen-bond donors (Lipinski definition) is 2. The molecule has 1 aliphatic carbocycles. The normalized spacial score (nSPS) is 36.4. The van der Waals surface area contributed by atoms with Gasteiger partial charge in [0.15, 0.2) is 0 Å². The first-order valence-corrected chi connectivity index (χ1v) is 8.58. The molecule has 1 saturated heterocycles. The molecular weight excluding hydrogens is 280 g/mol. The molecule has 0 aromatic carbocycles. The Bertz CT molecular complexity index is 468. The van der Waals surface area contributed by atoms with Crippen LogP contribution in [0.25, 0.3) is 0 Å². The molecule has 0 spiro atoms. The number of aromatic nitrogens is 3. The van der Waals surface area contributed by atoms with Gasteiger partial charge in [-0.25, -0.2) is 4.68 Å². The van der Waals surface area contributed by atoms with E-state index in [1.165, 1.54) is 19.3 Å². The van der Waals surface area contributed by atoms with Crippen molar-refractivity contribution in [3.05, 3.63) is 11.9 Å². The lowest BCUT2D eigenvalue weighted by atomic mass is 9.88. The van der Waals surface area contributed by atoms with Gasteiger partial charge in [0.05, 0.1) is 31.1 Å². The van der Waals surface area contributed by atoms with E-state index in [0.717, 1.165) is 19.3 Å². The van der Waals surface area contributed by atoms with Crippen molar-refractivity contribution in [3.8, 4) is 0 Å². The van der Waals surface area contributed by atoms with E-state index in [2.05, 4.69) is 29.5 Å². The van der Waals surface area contributed by atoms with Crippen molar-refractivity contribution in [1.82, 2.24) is 20.3 Å². The smallest absolute Gasteiger partial charge is 0.108 e. The Hall–Kier alpha value is -0.980. The van der Waals surface area contributed by atoms with Gasteiger partial charge in [-0.2, -0.15) is 0 Å². The highest BCUT2D eigenvalue weighted by Crippen LogP contribution is 2.30. The zero-order valence-corrected chi connectivity index (χ0v) is 13.6. The van der Waals surface area contributed by atoms with Gasteiger partial charge in [0.1, 0.15) is 5.69 Å². The van der Waals surface area contributed by atoms with Gasteiger partial charge in [0.2, 0.25) is 0 Å². The molecule has 124 valence electrons. The molecule has 22 heavy (non-hydrogen) atoms. The fraction of sp³-hybridized carbons (Fsp3) is 0.875. The molecule has 0 amide bonds. The van der Waals surface area contributed by atoms with Crippen molar-refractivity contribution in [1.29, 1.82) is 0 Å². The molecule has 5 atom stereocenters. The Morgan fingerprint density at radius 3 is 2.68 bits per heavy atom. The van der Waals surface area contributed by atoms with E-state index in [9.17, 15) is 5.11 Å². The van der Waals surface area contributed by atoms with E-state index >= 15 is 0 Å². The highest BCUT2D eigenvalue weighted by molar-refractivity contribution is 4.95. The van der Waals surface area contributed by atoms with Crippen molar-refractivity contribution in [2.75, 3.05) is 0 Å². The Kier molecular flexibility index (Phi) is 5.10. The van der Waals surface area contributed by atoms with Crippen LogP contribution in [-0.2, 0) is 11.3 Å². The molecule has 1 aromatic heterocycles. The van der Waals surface area contributed by atoms with E-state index < -0.39 is 0 Å². The first kappa shape index (κ1) is 15.9. The summed E-state index contributed by atoms with van der Waals surface area (Å²) in [6, 6.07) is 1.30. The summed E-state index contributed by atoms with van der Waals surface area (Å²) in [5.74, 6) is 0. The minimum atomic E-state index is -0.0419. The summed E-state index contributed by atoms with van der Waals surface area (Å²) < 4.78 is 7.79. The quantitative estimate of drug-likeness (QED) is 0.887. The number of rotatable bonds is 4. The number of nitrogens with zero attached hydrogens (tertiary/aromatic N) is 3. The lowest BCUT2D eigenvalue weighted by molar-refractivity contribution is -0.0452. The fourth-order valence-corrected chi connectivity index (χ4v) is 4.01. The van der Waals surface area contributed by atoms with Gasteiger partial charge in [0, 0.05) is 12.1 Å². The number of aliphatic hydroxyl groups is 1. The highest BCUT2D eigenvalue weighted by Gasteiger charge is 2.32. The third-order valence-electron chi connectivity index (χ3n) is 4.94. The molecule has 0 radical (unpaired) electrons. The summed E-state index contributed by atoms with van der Waals surface area (Å²) in [6.07, 6.45) is 9.51. The standard InChI is InChI=1S/C16H28N4O2/c1-11-7-13(8-12(2)22-11)17-15-5-3-4-6-16(15)20-9-14(10-21)18-19-20/h9,11-13,15-17,21H,3-8,10H2,1-2H3/t11-,12+,13?,15-,16+/m0/s1. The summed E-state index contributed by atoms with van der Waals surface area (Å²) in [5.41, 5.74) is 0.651. The molecule has 1 unspecified atom stereocenters. The van der Waals surface area contributed by atoms with Crippen molar-refractivity contribution in [2.24, 2.45) is 0 Å². The average Bonchev–Trinajstić information content (AvgIpc) is 2.95. The SMILES string of the molecule is C[C@@H]1CC(N[C@H]2CCCC[C@H]2n2cc(CO)nn2)C[C@H](C)O1. The lowest BCUT2D eigenvalue weighted by Crippen LogP contribution is -2.49. The third kappa shape index (κ3) is 3.67. The van der Waals surface area contributed by atoms with E-state index in [0.29, 0.717) is 36.0 Å². The largest absolute Gasteiger partial charge is 0.390 e. The molecular formula is C16H28N4O2. The van der Waals surface area contributed by atoms with Crippen LogP contribution in [-0.4, -0.2) is 44.4 Å². The van der Waals surface area contributed by atoms with Crippen molar-refractivity contribution in [3.63, 3.8) is 0 Å². The van der Waals surface area contributed by atoms with Crippen molar-refractivity contribution < 1.29 is 9.84 Å². The fourth-order valence-electron chi connectivity index (χ4n) is 4.01. The molecule has 2 N–H and O–H groups in total. The topological polar surface area (TPSA) is 72.2 Å². The molecule has 0 bridgehead atoms. The molecule has 6 nitrogen and oxygen atoms in total. The van der Waals surface area contributed by atoms with Crippen LogP contribution in [0.1, 0.15) is 64.1 Å². The second-order valence-corrected chi connectivity index (χ2v) is 6.90. The van der Waals surface area contributed by atoms with Gasteiger partial charge in [-0.15, -0.1) is 5.10 Å². The molecule has 1 aromatic rings. The van der Waals surface area contributed by atoms with Crippen LogP contribution in [0.3, 0.4) is 0 Å². The lowest BCUT2D eigenvalue weighted by Gasteiger charge is -2.39. The predicted molar refractivity (Wildman–Crippen MR) is 83.4 cm³/mol. The van der Waals surface area contributed by atoms with Crippen LogP contribution in [0.4, 0.5) is 0 Å². The molecule has 6 heteroatoms. The zero-order valence-electron chi connectivity index (χ0n) is 13.6. The first-order valence-electron chi connectivity index (χ1n) is 8.58. The van der Waals surface area contributed by atoms with E-state index in [1.54, 1.807) is 0 Å². The van der Waals surface area contributed by atoms with Crippen LogP contribution >= 0.6 is 0 Å². The zero-order chi connectivity index (χ0) is 15.5. The predicted octanol–water partition coefficient (Wildman–Crippen LogP) is 1.80. The number of nitrogens with one attached hydrogen (secondary N) is 1. The number of aliphatic hydroxyl groups excluding tert-OH is 1. The van der Waals surface area contributed by atoms with Crippen LogP contribution in [0, 0.1) is 0 Å². The van der Waals surface area contributed by atoms with E-state index in [1.807, 2.05) is 10.9 Å². The second-order valence-electron chi connectivity index (χ2n) is 6.90. The van der Waals surface area contributed by atoms with Crippen LogP contribution in [0.15, 0.2) is 6.20 Å². The summed E-state index contributed by atoms with van der Waals surface area (Å²) in [7, 11) is 0. The van der Waals surface area contributed by atoms with Gasteiger partial charge in [-0.3, -0.25) is 0 Å². The first-order chi connectivity index (χ1) is 10.7.